The molecule has 0 radical (unpaired) electrons. The number of amides is 1. The number of carbonyl (C=O) groups excluding carboxylic acids is 1. The van der Waals surface area contributed by atoms with Crippen LogP contribution < -0.4 is 5.73 Å². The van der Waals surface area contributed by atoms with Crippen molar-refractivity contribution in [1.82, 2.24) is 14.8 Å². The number of nitrogens with two attached hydrogens (primary N) is 1. The third-order valence-electron chi connectivity index (χ3n) is 3.01. The second kappa shape index (κ2) is 5.14. The first-order valence-corrected chi connectivity index (χ1v) is 5.82. The molecule has 1 fully saturated rings. The van der Waals surface area contributed by atoms with Crippen molar-refractivity contribution in [3.63, 3.8) is 0 Å². The lowest BCUT2D eigenvalue weighted by molar-refractivity contribution is -0.129. The van der Waals surface area contributed by atoms with Crippen LogP contribution in [0.5, 0.6) is 0 Å². The fourth-order valence-corrected chi connectivity index (χ4v) is 1.97. The van der Waals surface area contributed by atoms with Crippen LogP contribution in [0.15, 0.2) is 18.3 Å². The molecule has 1 aromatic rings. The summed E-state index contributed by atoms with van der Waals surface area (Å²) in [7, 11) is 1.86. The third kappa shape index (κ3) is 3.17. The zero-order valence-electron chi connectivity index (χ0n) is 10.1. The molecule has 0 unspecified atom stereocenters. The first-order valence-electron chi connectivity index (χ1n) is 5.82. The van der Waals surface area contributed by atoms with Gasteiger partial charge in [0.15, 0.2) is 0 Å². The van der Waals surface area contributed by atoms with Gasteiger partial charge in [0.1, 0.15) is 5.82 Å². The summed E-state index contributed by atoms with van der Waals surface area (Å²) in [6.07, 6.45) is 2.79. The molecule has 0 aromatic carbocycles. The Hall–Kier alpha value is -1.62. The molecular weight excluding hydrogens is 216 g/mol. The standard InChI is InChI=1S/C12H18N4O/c1-15-5-2-6-16(9-12(15)17)8-10-3-4-11(13)14-7-10/h3-4,7H,2,5-6,8-9H2,1H3,(H2,13,14). The van der Waals surface area contributed by atoms with Crippen molar-refractivity contribution in [3.8, 4) is 0 Å². The van der Waals surface area contributed by atoms with E-state index in [2.05, 4.69) is 9.88 Å². The average Bonchev–Trinajstić information content (AvgIpc) is 2.45. The van der Waals surface area contributed by atoms with Crippen LogP contribution in [0.25, 0.3) is 0 Å². The van der Waals surface area contributed by atoms with E-state index in [0.717, 1.165) is 31.6 Å². The molecule has 1 saturated heterocycles. The van der Waals surface area contributed by atoms with Gasteiger partial charge >= 0.3 is 0 Å². The smallest absolute Gasteiger partial charge is 0.236 e. The van der Waals surface area contributed by atoms with E-state index in [1.165, 1.54) is 0 Å². The molecular formula is C12H18N4O. The SMILES string of the molecule is CN1CCCN(Cc2ccc(N)nc2)CC1=O. The highest BCUT2D eigenvalue weighted by atomic mass is 16.2. The van der Waals surface area contributed by atoms with Crippen LogP contribution in [0.4, 0.5) is 5.82 Å². The quantitative estimate of drug-likeness (QED) is 0.801. The van der Waals surface area contributed by atoms with Gasteiger partial charge in [-0.2, -0.15) is 0 Å². The number of hydrogen-bond acceptors (Lipinski definition) is 4. The normalized spacial score (nSPS) is 18.2. The Kier molecular flexibility index (Phi) is 3.58. The highest BCUT2D eigenvalue weighted by Gasteiger charge is 2.18. The second-order valence-corrected chi connectivity index (χ2v) is 4.47. The predicted molar refractivity (Wildman–Crippen MR) is 66.2 cm³/mol. The van der Waals surface area contributed by atoms with Crippen LogP contribution in [0.3, 0.4) is 0 Å². The lowest BCUT2D eigenvalue weighted by Gasteiger charge is -2.19. The molecule has 1 amide bonds. The number of nitrogens with zero attached hydrogens (tertiary/aromatic N) is 3. The molecule has 1 aliphatic rings. The zero-order valence-corrected chi connectivity index (χ0v) is 10.1. The van der Waals surface area contributed by atoms with Gasteiger partial charge in [0.25, 0.3) is 0 Å². The van der Waals surface area contributed by atoms with Gasteiger partial charge in [-0.05, 0) is 18.1 Å². The maximum absolute atomic E-state index is 11.7. The minimum Gasteiger partial charge on any atom is -0.384 e. The average molecular weight is 234 g/mol. The van der Waals surface area contributed by atoms with Crippen molar-refractivity contribution in [1.29, 1.82) is 0 Å². The number of carbonyl (C=O) groups is 1. The highest BCUT2D eigenvalue weighted by Crippen LogP contribution is 2.09. The number of hydrogen-bond donors (Lipinski definition) is 1. The first kappa shape index (κ1) is 11.9. The molecule has 2 rings (SSSR count). The molecule has 5 nitrogen and oxygen atoms in total. The predicted octanol–water partition coefficient (Wildman–Crippen LogP) is 0.328. The van der Waals surface area contributed by atoms with E-state index in [1.54, 1.807) is 17.2 Å². The van der Waals surface area contributed by atoms with Gasteiger partial charge in [0, 0.05) is 32.9 Å². The van der Waals surface area contributed by atoms with E-state index in [4.69, 9.17) is 5.73 Å². The molecule has 0 spiro atoms. The summed E-state index contributed by atoms with van der Waals surface area (Å²) in [5.74, 6) is 0.714. The molecule has 0 aliphatic carbocycles. The Morgan fingerprint density at radius 3 is 2.94 bits per heavy atom. The fraction of sp³-hybridized carbons (Fsp3) is 0.500. The van der Waals surface area contributed by atoms with E-state index >= 15 is 0 Å². The van der Waals surface area contributed by atoms with E-state index in [0.29, 0.717) is 12.4 Å². The summed E-state index contributed by atoms with van der Waals surface area (Å²) in [6, 6.07) is 3.75. The number of aromatic nitrogens is 1. The molecule has 0 saturated carbocycles. The number of nitrogen functional groups attached to an aromatic ring is 1. The summed E-state index contributed by atoms with van der Waals surface area (Å²) < 4.78 is 0. The Morgan fingerprint density at radius 1 is 1.41 bits per heavy atom. The van der Waals surface area contributed by atoms with Gasteiger partial charge in [0.2, 0.25) is 5.91 Å². The maximum Gasteiger partial charge on any atom is 0.236 e. The Bertz CT molecular complexity index is 390. The minimum absolute atomic E-state index is 0.186. The van der Waals surface area contributed by atoms with E-state index in [9.17, 15) is 4.79 Å². The molecule has 2 N–H and O–H groups in total. The van der Waals surface area contributed by atoms with Gasteiger partial charge in [0.05, 0.1) is 6.54 Å². The van der Waals surface area contributed by atoms with Gasteiger partial charge in [-0.1, -0.05) is 6.07 Å². The molecule has 1 aliphatic heterocycles. The van der Waals surface area contributed by atoms with Crippen LogP contribution in [-0.2, 0) is 11.3 Å². The maximum atomic E-state index is 11.7. The van der Waals surface area contributed by atoms with E-state index in [-0.39, 0.29) is 5.91 Å². The van der Waals surface area contributed by atoms with Gasteiger partial charge < -0.3 is 10.6 Å². The monoisotopic (exact) mass is 234 g/mol. The van der Waals surface area contributed by atoms with Crippen molar-refractivity contribution < 1.29 is 4.79 Å². The third-order valence-corrected chi connectivity index (χ3v) is 3.01. The Labute approximate surface area is 101 Å². The number of pyridine rings is 1. The fourth-order valence-electron chi connectivity index (χ4n) is 1.97. The van der Waals surface area contributed by atoms with Crippen molar-refractivity contribution in [2.45, 2.75) is 13.0 Å². The minimum atomic E-state index is 0.186. The largest absolute Gasteiger partial charge is 0.384 e. The summed E-state index contributed by atoms with van der Waals surface area (Å²) in [5.41, 5.74) is 6.63. The lowest BCUT2D eigenvalue weighted by Crippen LogP contribution is -2.34. The molecule has 92 valence electrons. The van der Waals surface area contributed by atoms with E-state index in [1.807, 2.05) is 13.1 Å². The molecule has 2 heterocycles. The second-order valence-electron chi connectivity index (χ2n) is 4.47. The number of likely N-dealkylation sites (N-methyl/N-ethyl adjacent to an activating group) is 1. The van der Waals surface area contributed by atoms with E-state index < -0.39 is 0 Å². The Balaban J connectivity index is 1.98. The van der Waals surface area contributed by atoms with Crippen LogP contribution in [0.1, 0.15) is 12.0 Å². The molecule has 1 aromatic heterocycles. The van der Waals surface area contributed by atoms with Crippen LogP contribution in [0.2, 0.25) is 0 Å². The van der Waals surface area contributed by atoms with Crippen LogP contribution in [-0.4, -0.2) is 47.4 Å². The van der Waals surface area contributed by atoms with Crippen LogP contribution in [0, 0.1) is 0 Å². The molecule has 5 heteroatoms. The molecule has 0 bridgehead atoms. The Morgan fingerprint density at radius 2 is 2.24 bits per heavy atom. The van der Waals surface area contributed by atoms with Gasteiger partial charge in [-0.25, -0.2) is 4.98 Å². The van der Waals surface area contributed by atoms with Gasteiger partial charge in [-0.15, -0.1) is 0 Å². The molecule has 17 heavy (non-hydrogen) atoms. The summed E-state index contributed by atoms with van der Waals surface area (Å²) >= 11 is 0. The summed E-state index contributed by atoms with van der Waals surface area (Å²) in [6.45, 7) is 3.03. The van der Waals surface area contributed by atoms with Crippen LogP contribution >= 0.6 is 0 Å². The van der Waals surface area contributed by atoms with Crippen molar-refractivity contribution in [2.75, 3.05) is 32.4 Å². The number of rotatable bonds is 2. The highest BCUT2D eigenvalue weighted by molar-refractivity contribution is 5.78. The first-order chi connectivity index (χ1) is 8.15. The summed E-state index contributed by atoms with van der Waals surface area (Å²) in [5, 5.41) is 0. The van der Waals surface area contributed by atoms with Gasteiger partial charge in [-0.3, -0.25) is 9.69 Å². The van der Waals surface area contributed by atoms with Crippen molar-refractivity contribution >= 4 is 11.7 Å². The topological polar surface area (TPSA) is 62.5 Å². The van der Waals surface area contributed by atoms with Crippen molar-refractivity contribution in [3.05, 3.63) is 23.9 Å². The van der Waals surface area contributed by atoms with Crippen molar-refractivity contribution in [2.24, 2.45) is 0 Å². The number of anilines is 1. The molecule has 0 atom stereocenters. The summed E-state index contributed by atoms with van der Waals surface area (Å²) in [4.78, 5) is 19.7. The lowest BCUT2D eigenvalue weighted by atomic mass is 10.2. The zero-order chi connectivity index (χ0) is 12.3.